The SMILES string of the molecule is NC1CCCN(C(=O)c2ccc(Nc3ncc4c(n3)-c3ccc(Cl)cc3C(c3c(F)cccc3F)=NC4)cc2)C1. The molecule has 3 N–H and O–H groups in total. The lowest BCUT2D eigenvalue weighted by Crippen LogP contribution is -2.45. The van der Waals surface area contributed by atoms with Crippen molar-refractivity contribution in [3.63, 3.8) is 0 Å². The zero-order valence-corrected chi connectivity index (χ0v) is 22.1. The maximum Gasteiger partial charge on any atom is 0.253 e. The molecule has 6 rings (SSSR count). The number of hydrogen-bond acceptors (Lipinski definition) is 6. The first-order chi connectivity index (χ1) is 19.4. The number of amides is 1. The highest BCUT2D eigenvalue weighted by Gasteiger charge is 2.26. The van der Waals surface area contributed by atoms with Gasteiger partial charge in [-0.1, -0.05) is 23.7 Å². The van der Waals surface area contributed by atoms with Crippen molar-refractivity contribution in [2.24, 2.45) is 10.7 Å². The molecular weight excluding hydrogens is 534 g/mol. The second-order valence-electron chi connectivity index (χ2n) is 9.87. The van der Waals surface area contributed by atoms with Crippen LogP contribution in [-0.2, 0) is 6.54 Å². The maximum atomic E-state index is 14.8. The van der Waals surface area contributed by atoms with Crippen LogP contribution in [0.1, 0.15) is 39.9 Å². The smallest absolute Gasteiger partial charge is 0.253 e. The minimum atomic E-state index is -0.714. The van der Waals surface area contributed by atoms with E-state index in [9.17, 15) is 13.6 Å². The zero-order valence-electron chi connectivity index (χ0n) is 21.4. The molecule has 0 saturated carbocycles. The number of benzene rings is 3. The molecule has 1 fully saturated rings. The zero-order chi connectivity index (χ0) is 27.8. The molecule has 1 unspecified atom stereocenters. The van der Waals surface area contributed by atoms with Crippen molar-refractivity contribution in [2.45, 2.75) is 25.4 Å². The van der Waals surface area contributed by atoms with Gasteiger partial charge in [0.25, 0.3) is 5.91 Å². The summed E-state index contributed by atoms with van der Waals surface area (Å²) in [6.07, 6.45) is 3.47. The molecule has 3 heterocycles. The van der Waals surface area contributed by atoms with Crippen LogP contribution in [0.3, 0.4) is 0 Å². The summed E-state index contributed by atoms with van der Waals surface area (Å²) >= 11 is 6.30. The van der Waals surface area contributed by atoms with Gasteiger partial charge in [-0.3, -0.25) is 9.79 Å². The fourth-order valence-electron chi connectivity index (χ4n) is 5.12. The van der Waals surface area contributed by atoms with Gasteiger partial charge in [0.2, 0.25) is 5.95 Å². The predicted octanol–water partition coefficient (Wildman–Crippen LogP) is 5.73. The molecule has 7 nitrogen and oxygen atoms in total. The van der Waals surface area contributed by atoms with Gasteiger partial charge in [0.05, 0.1) is 23.5 Å². The average Bonchev–Trinajstić information content (AvgIpc) is 3.10. The highest BCUT2D eigenvalue weighted by atomic mass is 35.5. The number of carbonyl (C=O) groups excluding carboxylic acids is 1. The number of aliphatic imine (C=N–C) groups is 1. The third kappa shape index (κ3) is 5.05. The van der Waals surface area contributed by atoms with E-state index in [1.807, 2.05) is 0 Å². The topological polar surface area (TPSA) is 96.5 Å². The summed E-state index contributed by atoms with van der Waals surface area (Å²) in [6.45, 7) is 1.39. The first-order valence-electron chi connectivity index (χ1n) is 12.9. The lowest BCUT2D eigenvalue weighted by Gasteiger charge is -2.30. The molecule has 0 aliphatic carbocycles. The summed E-state index contributed by atoms with van der Waals surface area (Å²) in [5.41, 5.74) is 9.63. The number of hydrogen-bond donors (Lipinski definition) is 2. The van der Waals surface area contributed by atoms with E-state index in [2.05, 4.69) is 15.3 Å². The van der Waals surface area contributed by atoms with Crippen molar-refractivity contribution >= 4 is 34.9 Å². The number of nitrogens with two attached hydrogens (primary N) is 1. The summed E-state index contributed by atoms with van der Waals surface area (Å²) in [5, 5.41) is 3.58. The average molecular weight is 559 g/mol. The number of fused-ring (bicyclic) bond motifs is 3. The van der Waals surface area contributed by atoms with Gasteiger partial charge in [-0.2, -0.15) is 0 Å². The van der Waals surface area contributed by atoms with Crippen molar-refractivity contribution in [3.8, 4) is 11.3 Å². The van der Waals surface area contributed by atoms with Gasteiger partial charge in [0.1, 0.15) is 11.6 Å². The Bertz CT molecular complexity index is 1620. The molecule has 2 aliphatic rings. The standard InChI is InChI=1S/C30H25ClF2N6O/c31-19-8-11-22-23(13-19)28(26-24(32)4-1-5-25(26)33)35-14-18-15-36-30(38-27(18)22)37-21-9-6-17(7-10-21)29(40)39-12-2-3-20(34)16-39/h1,4-11,13,15,20H,2-3,12,14,16,34H2,(H,36,37,38). The molecule has 1 atom stereocenters. The third-order valence-electron chi connectivity index (χ3n) is 7.10. The molecule has 40 heavy (non-hydrogen) atoms. The number of halogens is 3. The molecule has 2 aliphatic heterocycles. The van der Waals surface area contributed by atoms with Crippen LogP contribution in [-0.4, -0.2) is 45.6 Å². The van der Waals surface area contributed by atoms with Crippen LogP contribution in [0.2, 0.25) is 5.02 Å². The first-order valence-corrected chi connectivity index (χ1v) is 13.3. The van der Waals surface area contributed by atoms with Crippen LogP contribution in [0.5, 0.6) is 0 Å². The van der Waals surface area contributed by atoms with Crippen molar-refractivity contribution in [1.82, 2.24) is 14.9 Å². The van der Waals surface area contributed by atoms with Gasteiger partial charge in [0, 0.05) is 58.3 Å². The Balaban J connectivity index is 1.30. The van der Waals surface area contributed by atoms with Gasteiger partial charge in [-0.25, -0.2) is 18.7 Å². The summed E-state index contributed by atoms with van der Waals surface area (Å²) < 4.78 is 29.6. The molecule has 0 bridgehead atoms. The quantitative estimate of drug-likeness (QED) is 0.333. The van der Waals surface area contributed by atoms with Crippen LogP contribution in [0.4, 0.5) is 20.4 Å². The number of rotatable bonds is 4. The molecule has 1 saturated heterocycles. The Morgan fingerprint density at radius 1 is 1.05 bits per heavy atom. The van der Waals surface area contributed by atoms with Crippen LogP contribution in [0, 0.1) is 11.6 Å². The largest absolute Gasteiger partial charge is 0.337 e. The van der Waals surface area contributed by atoms with Crippen LogP contribution < -0.4 is 11.1 Å². The Morgan fingerprint density at radius 2 is 1.82 bits per heavy atom. The Morgan fingerprint density at radius 3 is 2.58 bits per heavy atom. The highest BCUT2D eigenvalue weighted by Crippen LogP contribution is 2.34. The summed E-state index contributed by atoms with van der Waals surface area (Å²) in [5.74, 6) is -1.15. The molecule has 4 aromatic rings. The predicted molar refractivity (Wildman–Crippen MR) is 151 cm³/mol. The van der Waals surface area contributed by atoms with E-state index in [4.69, 9.17) is 22.3 Å². The second-order valence-corrected chi connectivity index (χ2v) is 10.3. The maximum absolute atomic E-state index is 14.8. The molecule has 10 heteroatoms. The van der Waals surface area contributed by atoms with Gasteiger partial charge in [0.15, 0.2) is 0 Å². The van der Waals surface area contributed by atoms with Crippen molar-refractivity contribution in [1.29, 1.82) is 0 Å². The number of nitrogens with one attached hydrogen (secondary N) is 1. The number of carbonyl (C=O) groups is 1. The van der Waals surface area contributed by atoms with Crippen LogP contribution in [0.25, 0.3) is 11.3 Å². The van der Waals surface area contributed by atoms with Crippen LogP contribution in [0.15, 0.2) is 71.9 Å². The van der Waals surface area contributed by atoms with E-state index in [0.717, 1.165) is 12.8 Å². The summed E-state index contributed by atoms with van der Waals surface area (Å²) in [6, 6.07) is 15.9. The van der Waals surface area contributed by atoms with Crippen LogP contribution >= 0.6 is 11.6 Å². The van der Waals surface area contributed by atoms with Crippen molar-refractivity contribution in [2.75, 3.05) is 18.4 Å². The molecule has 1 aromatic heterocycles. The summed E-state index contributed by atoms with van der Waals surface area (Å²) in [7, 11) is 0. The molecule has 3 aromatic carbocycles. The third-order valence-corrected chi connectivity index (χ3v) is 7.33. The minimum Gasteiger partial charge on any atom is -0.337 e. The Labute approximate surface area is 234 Å². The van der Waals surface area contributed by atoms with Crippen molar-refractivity contribution in [3.05, 3.63) is 106 Å². The van der Waals surface area contributed by atoms with Gasteiger partial charge >= 0.3 is 0 Å². The van der Waals surface area contributed by atoms with E-state index in [1.54, 1.807) is 53.6 Å². The first kappa shape index (κ1) is 26.0. The molecule has 0 radical (unpaired) electrons. The minimum absolute atomic E-state index is 0.0115. The molecular formula is C30H25ClF2N6O. The Hall–Kier alpha value is -4.21. The lowest BCUT2D eigenvalue weighted by molar-refractivity contribution is 0.0709. The van der Waals surface area contributed by atoms with Gasteiger partial charge < -0.3 is 16.0 Å². The number of anilines is 2. The fourth-order valence-corrected chi connectivity index (χ4v) is 5.30. The number of nitrogens with zero attached hydrogens (tertiary/aromatic N) is 4. The van der Waals surface area contributed by atoms with E-state index >= 15 is 0 Å². The highest BCUT2D eigenvalue weighted by molar-refractivity contribution is 6.31. The summed E-state index contributed by atoms with van der Waals surface area (Å²) in [4.78, 5) is 28.4. The fraction of sp³-hybridized carbons (Fsp3) is 0.200. The molecule has 202 valence electrons. The number of piperidine rings is 1. The second kappa shape index (κ2) is 10.7. The number of likely N-dealkylation sites (tertiary alicyclic amines) is 1. The van der Waals surface area contributed by atoms with E-state index in [0.29, 0.717) is 57.7 Å². The van der Waals surface area contributed by atoms with Crippen molar-refractivity contribution < 1.29 is 13.6 Å². The normalized spacial score (nSPS) is 16.4. The van der Waals surface area contributed by atoms with E-state index in [-0.39, 0.29) is 29.8 Å². The molecule has 1 amide bonds. The molecule has 0 spiro atoms. The Kier molecular flexibility index (Phi) is 7.00. The van der Waals surface area contributed by atoms with Gasteiger partial charge in [-0.15, -0.1) is 0 Å². The monoisotopic (exact) mass is 558 g/mol. The van der Waals surface area contributed by atoms with E-state index < -0.39 is 11.6 Å². The van der Waals surface area contributed by atoms with E-state index in [1.165, 1.54) is 18.2 Å². The lowest BCUT2D eigenvalue weighted by atomic mass is 9.95. The number of aromatic nitrogens is 2. The van der Waals surface area contributed by atoms with Gasteiger partial charge in [-0.05, 0) is 61.4 Å².